The van der Waals surface area contributed by atoms with E-state index in [-0.39, 0.29) is 23.7 Å². The molecular formula is C21H23N5O4. The second-order valence-electron chi connectivity index (χ2n) is 7.28. The Morgan fingerprint density at radius 2 is 1.90 bits per heavy atom. The summed E-state index contributed by atoms with van der Waals surface area (Å²) < 4.78 is 5.13. The third-order valence-corrected chi connectivity index (χ3v) is 5.33. The maximum atomic E-state index is 13.1. The minimum atomic E-state index is -1.06. The molecule has 9 heteroatoms. The van der Waals surface area contributed by atoms with Gasteiger partial charge in [-0.15, -0.1) is 0 Å². The summed E-state index contributed by atoms with van der Waals surface area (Å²) in [5, 5.41) is 14.7. The quantitative estimate of drug-likeness (QED) is 0.778. The van der Waals surface area contributed by atoms with Crippen LogP contribution in [0.2, 0.25) is 0 Å². The average Bonchev–Trinajstić information content (AvgIpc) is 3.28. The lowest BCUT2D eigenvalue weighted by molar-refractivity contribution is -0.139. The predicted molar refractivity (Wildman–Crippen MR) is 109 cm³/mol. The molecule has 1 saturated heterocycles. The molecule has 30 heavy (non-hydrogen) atoms. The number of carbonyl (C=O) groups excluding carboxylic acids is 1. The van der Waals surface area contributed by atoms with Crippen molar-refractivity contribution in [3.05, 3.63) is 48.2 Å². The van der Waals surface area contributed by atoms with E-state index in [0.29, 0.717) is 31.9 Å². The molecule has 1 aromatic heterocycles. The number of carboxylic acid groups (broad SMARTS) is 1. The topological polar surface area (TPSA) is 108 Å². The highest BCUT2D eigenvalue weighted by Gasteiger charge is 2.35. The first-order valence-corrected chi connectivity index (χ1v) is 9.95. The second-order valence-corrected chi connectivity index (χ2v) is 7.28. The van der Waals surface area contributed by atoms with Crippen molar-refractivity contribution in [2.75, 3.05) is 24.6 Å². The van der Waals surface area contributed by atoms with Gasteiger partial charge in [0.15, 0.2) is 6.61 Å². The van der Waals surface area contributed by atoms with Gasteiger partial charge in [0.25, 0.3) is 0 Å². The number of nitrogens with zero attached hydrogens (tertiary/aromatic N) is 5. The van der Waals surface area contributed by atoms with Gasteiger partial charge in [0.1, 0.15) is 0 Å². The van der Waals surface area contributed by atoms with E-state index in [1.165, 1.54) is 6.07 Å². The summed E-state index contributed by atoms with van der Waals surface area (Å²) in [7, 11) is 0. The fraction of sp³-hybridized carbons (Fsp3) is 0.381. The number of carbonyl (C=O) groups is 2. The van der Waals surface area contributed by atoms with Gasteiger partial charge < -0.3 is 14.7 Å². The molecule has 1 amide bonds. The van der Waals surface area contributed by atoms with Crippen LogP contribution in [0.25, 0.3) is 0 Å². The van der Waals surface area contributed by atoms with Gasteiger partial charge in [-0.1, -0.05) is 30.3 Å². The molecule has 1 atom stereocenters. The molecule has 2 aliphatic rings. The number of hydrogen-bond donors (Lipinski definition) is 1. The van der Waals surface area contributed by atoms with E-state index in [1.807, 2.05) is 35.2 Å². The first kappa shape index (κ1) is 19.8. The first-order chi connectivity index (χ1) is 14.6. The zero-order valence-electron chi connectivity index (χ0n) is 16.4. The Bertz CT molecular complexity index is 928. The molecule has 1 aromatic carbocycles. The highest BCUT2D eigenvalue weighted by Crippen LogP contribution is 2.32. The summed E-state index contributed by atoms with van der Waals surface area (Å²) in [5.74, 6) is -0.415. The van der Waals surface area contributed by atoms with Gasteiger partial charge in [0.2, 0.25) is 17.7 Å². The van der Waals surface area contributed by atoms with Gasteiger partial charge in [-0.2, -0.15) is 10.1 Å². The Kier molecular flexibility index (Phi) is 5.87. The van der Waals surface area contributed by atoms with Crippen molar-refractivity contribution in [2.45, 2.75) is 25.3 Å². The largest absolute Gasteiger partial charge is 0.479 e. The fourth-order valence-corrected chi connectivity index (χ4v) is 3.79. The third kappa shape index (κ3) is 4.40. The van der Waals surface area contributed by atoms with Crippen LogP contribution in [0.3, 0.4) is 0 Å². The number of anilines is 1. The van der Waals surface area contributed by atoms with Crippen LogP contribution in [-0.2, 0) is 9.59 Å². The van der Waals surface area contributed by atoms with Crippen LogP contribution in [0, 0.1) is 5.92 Å². The summed E-state index contributed by atoms with van der Waals surface area (Å²) in [5.41, 5.74) is 1.09. The lowest BCUT2D eigenvalue weighted by Crippen LogP contribution is -2.41. The molecule has 2 aromatic rings. The molecule has 0 aliphatic carbocycles. The van der Waals surface area contributed by atoms with E-state index in [1.54, 1.807) is 17.4 Å². The summed E-state index contributed by atoms with van der Waals surface area (Å²) in [6, 6.07) is 11.5. The Balaban J connectivity index is 1.36. The lowest BCUT2D eigenvalue weighted by Gasteiger charge is -2.33. The van der Waals surface area contributed by atoms with Crippen LogP contribution in [0.15, 0.2) is 47.7 Å². The Labute approximate surface area is 174 Å². The van der Waals surface area contributed by atoms with Crippen molar-refractivity contribution in [3.63, 3.8) is 0 Å². The molecule has 1 unspecified atom stereocenters. The van der Waals surface area contributed by atoms with Crippen LogP contribution >= 0.6 is 0 Å². The zero-order chi connectivity index (χ0) is 20.9. The molecule has 0 saturated carbocycles. The number of aliphatic carboxylic acids is 1. The summed E-state index contributed by atoms with van der Waals surface area (Å²) in [6.07, 6.45) is 5.43. The molecule has 3 heterocycles. The number of hydrogen-bond acceptors (Lipinski definition) is 7. The molecule has 2 aliphatic heterocycles. The van der Waals surface area contributed by atoms with Crippen LogP contribution in [0.1, 0.15) is 30.9 Å². The molecule has 0 spiro atoms. The molecule has 156 valence electrons. The number of carboxylic acids is 1. The predicted octanol–water partition coefficient (Wildman–Crippen LogP) is 2.12. The maximum Gasteiger partial charge on any atom is 0.341 e. The van der Waals surface area contributed by atoms with Crippen LogP contribution in [0.4, 0.5) is 5.95 Å². The highest BCUT2D eigenvalue weighted by atomic mass is 16.5. The first-order valence-electron chi connectivity index (χ1n) is 9.95. The van der Waals surface area contributed by atoms with Gasteiger partial charge in [0.05, 0.1) is 6.04 Å². The number of benzene rings is 1. The summed E-state index contributed by atoms with van der Waals surface area (Å²) >= 11 is 0. The smallest absolute Gasteiger partial charge is 0.341 e. The highest BCUT2D eigenvalue weighted by molar-refractivity contribution is 5.82. The van der Waals surface area contributed by atoms with Gasteiger partial charge in [0, 0.05) is 43.9 Å². The van der Waals surface area contributed by atoms with Gasteiger partial charge >= 0.3 is 5.97 Å². The number of piperidine rings is 1. The molecule has 0 radical (unpaired) electrons. The number of aromatic nitrogens is 2. The van der Waals surface area contributed by atoms with Gasteiger partial charge in [-0.25, -0.2) is 14.8 Å². The Hall–Kier alpha value is -3.49. The Morgan fingerprint density at radius 1 is 1.13 bits per heavy atom. The van der Waals surface area contributed by atoms with Crippen molar-refractivity contribution in [3.8, 4) is 5.88 Å². The molecule has 1 N–H and O–H groups in total. The van der Waals surface area contributed by atoms with E-state index in [4.69, 9.17) is 9.84 Å². The molecule has 4 rings (SSSR count). The second kappa shape index (κ2) is 8.89. The maximum absolute atomic E-state index is 13.1. The van der Waals surface area contributed by atoms with E-state index < -0.39 is 12.6 Å². The number of hydrazone groups is 1. The van der Waals surface area contributed by atoms with Gasteiger partial charge in [-0.05, 0) is 18.4 Å². The summed E-state index contributed by atoms with van der Waals surface area (Å²) in [6.45, 7) is 0.810. The van der Waals surface area contributed by atoms with Crippen LogP contribution in [-0.4, -0.2) is 57.9 Å². The fourth-order valence-electron chi connectivity index (χ4n) is 3.79. The van der Waals surface area contributed by atoms with Crippen molar-refractivity contribution in [1.82, 2.24) is 15.0 Å². The summed E-state index contributed by atoms with van der Waals surface area (Å²) in [4.78, 5) is 34.3. The molecule has 0 bridgehead atoms. The van der Waals surface area contributed by atoms with Crippen molar-refractivity contribution >= 4 is 24.0 Å². The van der Waals surface area contributed by atoms with Crippen LogP contribution in [0.5, 0.6) is 5.88 Å². The van der Waals surface area contributed by atoms with E-state index in [0.717, 1.165) is 12.0 Å². The molecule has 9 nitrogen and oxygen atoms in total. The molecule has 1 fully saturated rings. The lowest BCUT2D eigenvalue weighted by atomic mass is 9.94. The van der Waals surface area contributed by atoms with Crippen LogP contribution < -0.4 is 9.64 Å². The van der Waals surface area contributed by atoms with Gasteiger partial charge in [-0.3, -0.25) is 4.79 Å². The minimum Gasteiger partial charge on any atom is -0.479 e. The zero-order valence-corrected chi connectivity index (χ0v) is 16.4. The van der Waals surface area contributed by atoms with Crippen molar-refractivity contribution < 1.29 is 19.4 Å². The number of rotatable bonds is 6. The SMILES string of the molecule is O=C(O)COc1ccnc(N2CCC(C(=O)N3N=CCC3c3ccccc3)CC2)n1. The standard InChI is InChI=1S/C21H23N5O4/c27-19(28)14-30-18-7-10-22-21(24-18)25-12-8-16(9-13-25)20(29)26-17(6-11-23-26)15-4-2-1-3-5-15/h1-5,7,10-11,16-17H,6,8-9,12-14H2,(H,27,28). The normalized spacial score (nSPS) is 19.1. The Morgan fingerprint density at radius 3 is 2.63 bits per heavy atom. The minimum absolute atomic E-state index is 0.0388. The molecular weight excluding hydrogens is 386 g/mol. The van der Waals surface area contributed by atoms with Crippen molar-refractivity contribution in [1.29, 1.82) is 0 Å². The number of ether oxygens (including phenoxy) is 1. The van der Waals surface area contributed by atoms with E-state index in [2.05, 4.69) is 15.1 Å². The van der Waals surface area contributed by atoms with E-state index >= 15 is 0 Å². The average molecular weight is 409 g/mol. The van der Waals surface area contributed by atoms with Crippen molar-refractivity contribution in [2.24, 2.45) is 11.0 Å². The third-order valence-electron chi connectivity index (χ3n) is 5.33. The monoisotopic (exact) mass is 409 g/mol. The van der Waals surface area contributed by atoms with E-state index in [9.17, 15) is 9.59 Å². The number of amides is 1.